The number of halogens is 1. The maximum Gasteiger partial charge on any atom is 0.253 e. The van der Waals surface area contributed by atoms with E-state index in [0.29, 0.717) is 55.3 Å². The SMILES string of the molecule is CC(=O)Nc1cccc(C(=O)N2CCCN(C(=O)CCc3ccc(Cl)cc3)CC2)c1. The van der Waals surface area contributed by atoms with Gasteiger partial charge in [0.15, 0.2) is 0 Å². The summed E-state index contributed by atoms with van der Waals surface area (Å²) in [6.07, 6.45) is 1.85. The van der Waals surface area contributed by atoms with Crippen molar-refractivity contribution in [3.8, 4) is 0 Å². The van der Waals surface area contributed by atoms with Crippen molar-refractivity contribution < 1.29 is 14.4 Å². The molecule has 1 aliphatic rings. The van der Waals surface area contributed by atoms with Gasteiger partial charge in [0.25, 0.3) is 5.91 Å². The number of rotatable bonds is 5. The van der Waals surface area contributed by atoms with Gasteiger partial charge in [-0.25, -0.2) is 0 Å². The van der Waals surface area contributed by atoms with Gasteiger partial charge in [0.1, 0.15) is 0 Å². The lowest BCUT2D eigenvalue weighted by Crippen LogP contribution is -2.37. The van der Waals surface area contributed by atoms with E-state index < -0.39 is 0 Å². The Morgan fingerprint density at radius 1 is 0.967 bits per heavy atom. The zero-order chi connectivity index (χ0) is 21.5. The minimum absolute atomic E-state index is 0.0855. The lowest BCUT2D eigenvalue weighted by molar-refractivity contribution is -0.131. The quantitative estimate of drug-likeness (QED) is 0.792. The van der Waals surface area contributed by atoms with Crippen LogP contribution in [0.3, 0.4) is 0 Å². The molecule has 7 heteroatoms. The molecule has 0 atom stereocenters. The third kappa shape index (κ3) is 6.07. The predicted octanol–water partition coefficient (Wildman–Crippen LogP) is 3.61. The molecule has 158 valence electrons. The van der Waals surface area contributed by atoms with Crippen LogP contribution < -0.4 is 5.32 Å². The molecule has 1 N–H and O–H groups in total. The molecule has 1 fully saturated rings. The van der Waals surface area contributed by atoms with Crippen LogP contribution in [0.5, 0.6) is 0 Å². The van der Waals surface area contributed by atoms with E-state index in [4.69, 9.17) is 11.6 Å². The van der Waals surface area contributed by atoms with Crippen LogP contribution in [0.25, 0.3) is 0 Å². The summed E-state index contributed by atoms with van der Waals surface area (Å²) in [6, 6.07) is 14.5. The molecule has 3 rings (SSSR count). The molecule has 2 aromatic rings. The molecule has 30 heavy (non-hydrogen) atoms. The van der Waals surface area contributed by atoms with E-state index in [2.05, 4.69) is 5.32 Å². The Morgan fingerprint density at radius 3 is 2.40 bits per heavy atom. The first-order valence-electron chi connectivity index (χ1n) is 10.1. The Morgan fingerprint density at radius 2 is 1.67 bits per heavy atom. The van der Waals surface area contributed by atoms with E-state index in [1.54, 1.807) is 29.2 Å². The molecule has 2 aromatic carbocycles. The fourth-order valence-corrected chi connectivity index (χ4v) is 3.67. The smallest absolute Gasteiger partial charge is 0.253 e. The largest absolute Gasteiger partial charge is 0.341 e. The second-order valence-electron chi connectivity index (χ2n) is 7.41. The van der Waals surface area contributed by atoms with Crippen molar-refractivity contribution in [2.24, 2.45) is 0 Å². The number of amides is 3. The van der Waals surface area contributed by atoms with Crippen molar-refractivity contribution in [3.63, 3.8) is 0 Å². The third-order valence-electron chi connectivity index (χ3n) is 5.11. The first-order valence-corrected chi connectivity index (χ1v) is 10.5. The number of aryl methyl sites for hydroxylation is 1. The average Bonchev–Trinajstić information content (AvgIpc) is 2.99. The van der Waals surface area contributed by atoms with Crippen molar-refractivity contribution >= 4 is 35.0 Å². The summed E-state index contributed by atoms with van der Waals surface area (Å²) in [4.78, 5) is 40.4. The van der Waals surface area contributed by atoms with Crippen LogP contribution in [0.4, 0.5) is 5.69 Å². The predicted molar refractivity (Wildman–Crippen MR) is 118 cm³/mol. The zero-order valence-electron chi connectivity index (χ0n) is 17.1. The maximum absolute atomic E-state index is 12.9. The number of nitrogens with one attached hydrogen (secondary N) is 1. The lowest BCUT2D eigenvalue weighted by Gasteiger charge is -2.22. The number of carbonyl (C=O) groups excluding carboxylic acids is 3. The van der Waals surface area contributed by atoms with E-state index >= 15 is 0 Å². The highest BCUT2D eigenvalue weighted by Crippen LogP contribution is 2.16. The molecule has 0 aliphatic carbocycles. The van der Waals surface area contributed by atoms with Gasteiger partial charge >= 0.3 is 0 Å². The number of nitrogens with zero attached hydrogens (tertiary/aromatic N) is 2. The van der Waals surface area contributed by atoms with Gasteiger partial charge in [0, 0.05) is 55.8 Å². The molecule has 0 aromatic heterocycles. The van der Waals surface area contributed by atoms with Gasteiger partial charge < -0.3 is 15.1 Å². The Kier molecular flexibility index (Phi) is 7.46. The Balaban J connectivity index is 1.55. The van der Waals surface area contributed by atoms with Gasteiger partial charge in [0.05, 0.1) is 0 Å². The van der Waals surface area contributed by atoms with Crippen molar-refractivity contribution in [2.45, 2.75) is 26.2 Å². The van der Waals surface area contributed by atoms with Gasteiger partial charge in [-0.15, -0.1) is 0 Å². The van der Waals surface area contributed by atoms with E-state index in [1.165, 1.54) is 6.92 Å². The van der Waals surface area contributed by atoms with Crippen LogP contribution in [0, 0.1) is 0 Å². The number of benzene rings is 2. The number of hydrogen-bond acceptors (Lipinski definition) is 3. The van der Waals surface area contributed by atoms with Gasteiger partial charge in [-0.05, 0) is 48.7 Å². The number of hydrogen-bond donors (Lipinski definition) is 1. The highest BCUT2D eigenvalue weighted by atomic mass is 35.5. The average molecular weight is 428 g/mol. The van der Waals surface area contributed by atoms with E-state index in [1.807, 2.05) is 29.2 Å². The van der Waals surface area contributed by atoms with Crippen LogP contribution in [0.1, 0.15) is 35.7 Å². The molecular weight excluding hydrogens is 402 g/mol. The Hall–Kier alpha value is -2.86. The summed E-state index contributed by atoms with van der Waals surface area (Å²) in [7, 11) is 0. The Labute approximate surface area is 181 Å². The summed E-state index contributed by atoms with van der Waals surface area (Å²) < 4.78 is 0. The lowest BCUT2D eigenvalue weighted by atomic mass is 10.1. The van der Waals surface area contributed by atoms with E-state index in [0.717, 1.165) is 12.0 Å². The van der Waals surface area contributed by atoms with Gasteiger partial charge in [-0.2, -0.15) is 0 Å². The summed E-state index contributed by atoms with van der Waals surface area (Å²) in [5, 5.41) is 3.38. The Bertz CT molecular complexity index is 914. The third-order valence-corrected chi connectivity index (χ3v) is 5.36. The molecule has 0 radical (unpaired) electrons. The molecular formula is C23H26ClN3O3. The zero-order valence-corrected chi connectivity index (χ0v) is 17.8. The maximum atomic E-state index is 12.9. The molecule has 0 unspecified atom stereocenters. The minimum atomic E-state index is -0.179. The van der Waals surface area contributed by atoms with Crippen LogP contribution in [-0.4, -0.2) is 53.7 Å². The van der Waals surface area contributed by atoms with Crippen LogP contribution in [0.2, 0.25) is 5.02 Å². The van der Waals surface area contributed by atoms with Crippen molar-refractivity contribution in [1.82, 2.24) is 9.80 Å². The van der Waals surface area contributed by atoms with E-state index in [-0.39, 0.29) is 17.7 Å². The molecule has 6 nitrogen and oxygen atoms in total. The summed E-state index contributed by atoms with van der Waals surface area (Å²) in [5.41, 5.74) is 2.21. The number of carbonyl (C=O) groups is 3. The molecule has 1 saturated heterocycles. The highest BCUT2D eigenvalue weighted by Gasteiger charge is 2.23. The van der Waals surface area contributed by atoms with Gasteiger partial charge in [-0.1, -0.05) is 29.8 Å². The molecule has 3 amide bonds. The van der Waals surface area contributed by atoms with Crippen molar-refractivity contribution in [3.05, 3.63) is 64.7 Å². The fraction of sp³-hybridized carbons (Fsp3) is 0.348. The summed E-state index contributed by atoms with van der Waals surface area (Å²) in [6.45, 7) is 3.70. The molecule has 0 spiro atoms. The summed E-state index contributed by atoms with van der Waals surface area (Å²) >= 11 is 5.90. The first-order chi connectivity index (χ1) is 14.4. The van der Waals surface area contributed by atoms with Crippen molar-refractivity contribution in [1.29, 1.82) is 0 Å². The van der Waals surface area contributed by atoms with Crippen molar-refractivity contribution in [2.75, 3.05) is 31.5 Å². The van der Waals surface area contributed by atoms with Gasteiger partial charge in [-0.3, -0.25) is 14.4 Å². The second kappa shape index (κ2) is 10.3. The van der Waals surface area contributed by atoms with Crippen LogP contribution in [-0.2, 0) is 16.0 Å². The monoisotopic (exact) mass is 427 g/mol. The van der Waals surface area contributed by atoms with Gasteiger partial charge in [0.2, 0.25) is 11.8 Å². The molecule has 1 heterocycles. The van der Waals surface area contributed by atoms with Crippen LogP contribution >= 0.6 is 11.6 Å². The molecule has 0 bridgehead atoms. The minimum Gasteiger partial charge on any atom is -0.341 e. The fourth-order valence-electron chi connectivity index (χ4n) is 3.55. The standard InChI is InChI=1S/C23H26ClN3O3/c1-17(28)25-21-5-2-4-19(16-21)23(30)27-13-3-12-26(14-15-27)22(29)11-8-18-6-9-20(24)10-7-18/h2,4-7,9-10,16H,3,8,11-15H2,1H3,(H,25,28). The van der Waals surface area contributed by atoms with E-state index in [9.17, 15) is 14.4 Å². The first kappa shape index (κ1) is 21.8. The summed E-state index contributed by atoms with van der Waals surface area (Å²) in [5.74, 6) is -0.160. The molecule has 0 saturated carbocycles. The number of anilines is 1. The normalized spacial score (nSPS) is 14.2. The second-order valence-corrected chi connectivity index (χ2v) is 7.85. The molecule has 1 aliphatic heterocycles. The van der Waals surface area contributed by atoms with Crippen LogP contribution in [0.15, 0.2) is 48.5 Å². The topological polar surface area (TPSA) is 69.7 Å². The highest BCUT2D eigenvalue weighted by molar-refractivity contribution is 6.30.